The summed E-state index contributed by atoms with van der Waals surface area (Å²) in [6.45, 7) is -0.982. The van der Waals surface area contributed by atoms with Crippen molar-refractivity contribution in [3.8, 4) is 0 Å². The fourth-order valence-electron chi connectivity index (χ4n) is 2.71. The van der Waals surface area contributed by atoms with Gasteiger partial charge in [0.05, 0.1) is 12.9 Å². The van der Waals surface area contributed by atoms with Gasteiger partial charge in [-0.2, -0.15) is 18.6 Å². The van der Waals surface area contributed by atoms with Crippen LogP contribution in [0.25, 0.3) is 11.2 Å². The second-order valence-corrected chi connectivity index (χ2v) is 10.6. The third kappa shape index (κ3) is 5.67. The standard InChI is InChI=1S/C10H17N6O13P3/c11-7-4-8(15-10(12)14-7)16(2-13-4)9-6(18)5(17)3(27-9)1-26-31(22,23)29-32(24,25)28-30(19,20)21/h2-3,5-6,9,17-18H,1H2,(H,22,23)(H,24,25)(H2,19,20,21)(H4,11,12,14,15)/t3-,5+,6?,9-/m1/s1. The van der Waals surface area contributed by atoms with Crippen molar-refractivity contribution in [2.45, 2.75) is 24.5 Å². The predicted octanol–water partition coefficient (Wildman–Crippen LogP) is -2.05. The topological polar surface area (TPSA) is 305 Å². The molecular weight excluding hydrogens is 505 g/mol. The van der Waals surface area contributed by atoms with Crippen molar-refractivity contribution in [1.29, 1.82) is 0 Å². The Labute approximate surface area is 177 Å². The summed E-state index contributed by atoms with van der Waals surface area (Å²) in [5, 5.41) is 20.5. The second kappa shape index (κ2) is 8.66. The van der Waals surface area contributed by atoms with E-state index in [0.717, 1.165) is 10.9 Å². The number of ether oxygens (including phenoxy) is 1. The monoisotopic (exact) mass is 522 g/mol. The fraction of sp³-hybridized carbons (Fsp3) is 0.500. The van der Waals surface area contributed by atoms with E-state index in [9.17, 15) is 28.8 Å². The number of aliphatic hydroxyl groups is 2. The summed E-state index contributed by atoms with van der Waals surface area (Å²) in [6.07, 6.45) is -5.03. The second-order valence-electron chi connectivity index (χ2n) is 6.22. The zero-order valence-electron chi connectivity index (χ0n) is 15.4. The van der Waals surface area contributed by atoms with Crippen molar-refractivity contribution in [2.75, 3.05) is 18.1 Å². The SMILES string of the molecule is Nc1nc(N)c2ncn([C@@H]3O[C@H](COP(=O)(O)OP(=O)(O)OP(=O)(O)O)[C@H](O)C3O)c2n1. The lowest BCUT2D eigenvalue weighted by molar-refractivity contribution is -0.0503. The van der Waals surface area contributed by atoms with Gasteiger partial charge in [0.15, 0.2) is 17.7 Å². The molecule has 0 saturated carbocycles. The number of aromatic nitrogens is 4. The predicted molar refractivity (Wildman–Crippen MR) is 99.9 cm³/mol. The number of phosphoric ester groups is 1. The van der Waals surface area contributed by atoms with Crippen LogP contribution in [0.1, 0.15) is 6.23 Å². The molecule has 0 spiro atoms. The Balaban J connectivity index is 1.72. The van der Waals surface area contributed by atoms with Gasteiger partial charge in [0, 0.05) is 0 Å². The molecule has 3 heterocycles. The molecular formula is C10H17N6O13P3. The highest BCUT2D eigenvalue weighted by Crippen LogP contribution is 2.66. The first-order valence-corrected chi connectivity index (χ1v) is 12.7. The smallest absolute Gasteiger partial charge is 0.387 e. The van der Waals surface area contributed by atoms with E-state index in [1.807, 2.05) is 0 Å². The molecule has 1 fully saturated rings. The van der Waals surface area contributed by atoms with E-state index in [1.54, 1.807) is 0 Å². The van der Waals surface area contributed by atoms with Crippen molar-refractivity contribution in [3.05, 3.63) is 6.33 Å². The molecule has 22 heteroatoms. The van der Waals surface area contributed by atoms with Crippen LogP contribution in [-0.2, 0) is 31.6 Å². The summed E-state index contributed by atoms with van der Waals surface area (Å²) in [5.41, 5.74) is 11.4. The van der Waals surface area contributed by atoms with Crippen LogP contribution >= 0.6 is 23.5 Å². The van der Waals surface area contributed by atoms with E-state index in [2.05, 4.69) is 28.1 Å². The van der Waals surface area contributed by atoms with Crippen LogP contribution in [0.15, 0.2) is 6.33 Å². The molecule has 1 saturated heterocycles. The number of nitrogens with two attached hydrogens (primary N) is 2. The number of anilines is 2. The minimum Gasteiger partial charge on any atom is -0.387 e. The molecule has 180 valence electrons. The average molecular weight is 522 g/mol. The van der Waals surface area contributed by atoms with E-state index in [-0.39, 0.29) is 22.9 Å². The first-order valence-electron chi connectivity index (χ1n) is 8.14. The van der Waals surface area contributed by atoms with E-state index < -0.39 is 54.6 Å². The Morgan fingerprint density at radius 3 is 2.31 bits per heavy atom. The Kier molecular flexibility index (Phi) is 6.78. The van der Waals surface area contributed by atoms with Crippen molar-refractivity contribution < 1.29 is 61.4 Å². The Morgan fingerprint density at radius 2 is 1.69 bits per heavy atom. The van der Waals surface area contributed by atoms with Crippen LogP contribution in [0, 0.1) is 0 Å². The minimum atomic E-state index is -5.72. The van der Waals surface area contributed by atoms with Crippen LogP contribution in [0.3, 0.4) is 0 Å². The highest BCUT2D eigenvalue weighted by molar-refractivity contribution is 7.66. The zero-order chi connectivity index (χ0) is 24.1. The molecule has 1 aliphatic rings. The molecule has 2 aromatic heterocycles. The molecule has 0 radical (unpaired) electrons. The molecule has 0 amide bonds. The van der Waals surface area contributed by atoms with Gasteiger partial charge in [-0.3, -0.25) is 9.09 Å². The van der Waals surface area contributed by atoms with E-state index >= 15 is 0 Å². The zero-order valence-corrected chi connectivity index (χ0v) is 18.1. The molecule has 32 heavy (non-hydrogen) atoms. The van der Waals surface area contributed by atoms with Crippen LogP contribution in [-0.4, -0.2) is 74.2 Å². The normalized spacial score (nSPS) is 27.9. The maximum Gasteiger partial charge on any atom is 0.490 e. The van der Waals surface area contributed by atoms with Crippen molar-refractivity contribution in [1.82, 2.24) is 19.5 Å². The number of imidazole rings is 1. The van der Waals surface area contributed by atoms with Crippen LogP contribution in [0.5, 0.6) is 0 Å². The Bertz CT molecular complexity index is 1150. The largest absolute Gasteiger partial charge is 0.490 e. The number of hydrogen-bond donors (Lipinski definition) is 8. The highest BCUT2D eigenvalue weighted by atomic mass is 31.3. The van der Waals surface area contributed by atoms with Gasteiger partial charge in [-0.15, -0.1) is 0 Å². The summed E-state index contributed by atoms with van der Waals surface area (Å²) in [7, 11) is -16.7. The van der Waals surface area contributed by atoms with Crippen LogP contribution < -0.4 is 11.5 Å². The molecule has 3 rings (SSSR count). The number of fused-ring (bicyclic) bond motifs is 1. The number of phosphoric acid groups is 3. The molecule has 6 atom stereocenters. The van der Waals surface area contributed by atoms with E-state index in [1.165, 1.54) is 0 Å². The lowest BCUT2D eigenvalue weighted by Gasteiger charge is -2.19. The number of nitrogen functional groups attached to an aromatic ring is 2. The average Bonchev–Trinajstić information content (AvgIpc) is 3.12. The molecule has 0 aromatic carbocycles. The molecule has 19 nitrogen and oxygen atoms in total. The molecule has 1 aliphatic heterocycles. The number of rotatable bonds is 8. The molecule has 3 unspecified atom stereocenters. The summed E-state index contributed by atoms with van der Waals surface area (Å²) >= 11 is 0. The third-order valence-corrected chi connectivity index (χ3v) is 7.70. The quantitative estimate of drug-likeness (QED) is 0.173. The summed E-state index contributed by atoms with van der Waals surface area (Å²) in [5.74, 6) is -0.280. The minimum absolute atomic E-state index is 0.0415. The summed E-state index contributed by atoms with van der Waals surface area (Å²) in [6, 6.07) is 0. The third-order valence-electron chi connectivity index (χ3n) is 3.89. The molecule has 10 N–H and O–H groups in total. The Morgan fingerprint density at radius 1 is 1.03 bits per heavy atom. The Hall–Kier alpha value is -1.56. The lowest BCUT2D eigenvalue weighted by atomic mass is 10.1. The van der Waals surface area contributed by atoms with Gasteiger partial charge in [-0.25, -0.2) is 18.7 Å². The van der Waals surface area contributed by atoms with E-state index in [0.29, 0.717) is 0 Å². The van der Waals surface area contributed by atoms with Crippen molar-refractivity contribution in [2.24, 2.45) is 0 Å². The fourth-order valence-corrected chi connectivity index (χ4v) is 5.74. The van der Waals surface area contributed by atoms with Crippen molar-refractivity contribution >= 4 is 46.4 Å². The maximum absolute atomic E-state index is 11.8. The first kappa shape index (κ1) is 25.1. The molecule has 2 aromatic rings. The number of aliphatic hydroxyl groups excluding tert-OH is 2. The maximum atomic E-state index is 11.8. The van der Waals surface area contributed by atoms with Gasteiger partial charge in [0.25, 0.3) is 0 Å². The van der Waals surface area contributed by atoms with Gasteiger partial charge in [0.2, 0.25) is 5.95 Å². The van der Waals surface area contributed by atoms with Crippen LogP contribution in [0.2, 0.25) is 0 Å². The number of nitrogens with zero attached hydrogens (tertiary/aromatic N) is 4. The highest BCUT2D eigenvalue weighted by Gasteiger charge is 2.47. The first-order chi connectivity index (χ1) is 14.6. The van der Waals surface area contributed by atoms with Gasteiger partial charge in [-0.1, -0.05) is 0 Å². The summed E-state index contributed by atoms with van der Waals surface area (Å²) in [4.78, 5) is 47.2. The van der Waals surface area contributed by atoms with Crippen molar-refractivity contribution in [3.63, 3.8) is 0 Å². The molecule has 0 bridgehead atoms. The lowest BCUT2D eigenvalue weighted by Crippen LogP contribution is -2.33. The summed E-state index contributed by atoms with van der Waals surface area (Å²) < 4.78 is 51.9. The van der Waals surface area contributed by atoms with Gasteiger partial charge in [0.1, 0.15) is 23.8 Å². The van der Waals surface area contributed by atoms with E-state index in [4.69, 9.17) is 30.9 Å². The number of hydrogen-bond acceptors (Lipinski definition) is 14. The van der Waals surface area contributed by atoms with Gasteiger partial charge < -0.3 is 46.0 Å². The van der Waals surface area contributed by atoms with Gasteiger partial charge in [-0.05, 0) is 0 Å². The molecule has 0 aliphatic carbocycles. The van der Waals surface area contributed by atoms with Crippen LogP contribution in [0.4, 0.5) is 11.8 Å². The van der Waals surface area contributed by atoms with Gasteiger partial charge >= 0.3 is 23.5 Å².